The second-order valence-electron chi connectivity index (χ2n) is 2.67. The van der Waals surface area contributed by atoms with Crippen molar-refractivity contribution in [3.8, 4) is 0 Å². The number of hydrogen-bond acceptors (Lipinski definition) is 2. The molecule has 0 aromatic heterocycles. The Balaban J connectivity index is 3.11. The molecule has 0 unspecified atom stereocenters. The second-order valence-corrected chi connectivity index (χ2v) is 3.53. The summed E-state index contributed by atoms with van der Waals surface area (Å²) in [5.41, 5.74) is 2.21. The first-order valence-corrected chi connectivity index (χ1v) is 4.69. The third kappa shape index (κ3) is 2.32. The first kappa shape index (κ1) is 10.7. The predicted octanol–water partition coefficient (Wildman–Crippen LogP) is 1.89. The van der Waals surface area contributed by atoms with Crippen LogP contribution in [0.5, 0.6) is 0 Å². The van der Waals surface area contributed by atoms with Gasteiger partial charge in [0.2, 0.25) is 12.8 Å². The lowest BCUT2D eigenvalue weighted by atomic mass is 10.2. The van der Waals surface area contributed by atoms with E-state index >= 15 is 0 Å². The first-order chi connectivity index (χ1) is 6.69. The lowest BCUT2D eigenvalue weighted by Gasteiger charge is -2.08. The van der Waals surface area contributed by atoms with Crippen molar-refractivity contribution in [3.63, 3.8) is 0 Å². The normalized spacial score (nSPS) is 9.29. The summed E-state index contributed by atoms with van der Waals surface area (Å²) < 4.78 is 0.776. The van der Waals surface area contributed by atoms with E-state index < -0.39 is 0 Å². The molecule has 0 aliphatic rings. The van der Waals surface area contributed by atoms with Crippen molar-refractivity contribution in [2.75, 3.05) is 10.6 Å². The smallest absolute Gasteiger partial charge is 0.211 e. The third-order valence-electron chi connectivity index (χ3n) is 1.74. The molecule has 5 heteroatoms. The molecular formula is C9H9BrN2O2. The molecule has 2 amide bonds. The Hall–Kier alpha value is -1.36. The van der Waals surface area contributed by atoms with E-state index in [1.165, 1.54) is 0 Å². The van der Waals surface area contributed by atoms with E-state index in [4.69, 9.17) is 0 Å². The van der Waals surface area contributed by atoms with Gasteiger partial charge < -0.3 is 10.6 Å². The Morgan fingerprint density at radius 1 is 1.14 bits per heavy atom. The molecule has 2 N–H and O–H groups in total. The molecule has 74 valence electrons. The van der Waals surface area contributed by atoms with Crippen molar-refractivity contribution in [1.29, 1.82) is 0 Å². The van der Waals surface area contributed by atoms with Crippen LogP contribution in [-0.4, -0.2) is 12.8 Å². The van der Waals surface area contributed by atoms with Crippen LogP contribution in [0.15, 0.2) is 16.6 Å². The third-order valence-corrected chi connectivity index (χ3v) is 2.40. The fourth-order valence-electron chi connectivity index (χ4n) is 1.07. The van der Waals surface area contributed by atoms with Crippen LogP contribution in [0.2, 0.25) is 0 Å². The number of amides is 2. The van der Waals surface area contributed by atoms with Crippen LogP contribution in [0.1, 0.15) is 5.56 Å². The standard InChI is InChI=1S/C9H9BrN2O2/c1-6-2-7(10)9(12-5-14)3-8(6)11-4-13/h2-5H,1H3,(H,11,13)(H,12,14). The minimum absolute atomic E-state index is 0.583. The summed E-state index contributed by atoms with van der Waals surface area (Å²) in [5.74, 6) is 0. The number of halogens is 1. The maximum absolute atomic E-state index is 10.3. The van der Waals surface area contributed by atoms with Gasteiger partial charge in [0.15, 0.2) is 0 Å². The number of benzene rings is 1. The number of carbonyl (C=O) groups is 2. The minimum atomic E-state index is 0.583. The largest absolute Gasteiger partial charge is 0.328 e. The highest BCUT2D eigenvalue weighted by atomic mass is 79.9. The maximum Gasteiger partial charge on any atom is 0.211 e. The second kappa shape index (κ2) is 4.76. The Labute approximate surface area is 89.8 Å². The van der Waals surface area contributed by atoms with Crippen molar-refractivity contribution in [2.45, 2.75) is 6.92 Å². The molecular weight excluding hydrogens is 248 g/mol. The minimum Gasteiger partial charge on any atom is -0.328 e. The van der Waals surface area contributed by atoms with Crippen molar-refractivity contribution < 1.29 is 9.59 Å². The lowest BCUT2D eigenvalue weighted by Crippen LogP contribution is -2.00. The van der Waals surface area contributed by atoms with Gasteiger partial charge >= 0.3 is 0 Å². The topological polar surface area (TPSA) is 58.2 Å². The molecule has 0 saturated heterocycles. The fraction of sp³-hybridized carbons (Fsp3) is 0.111. The Kier molecular flexibility index (Phi) is 3.64. The zero-order valence-corrected chi connectivity index (χ0v) is 9.09. The van der Waals surface area contributed by atoms with Crippen molar-refractivity contribution in [3.05, 3.63) is 22.2 Å². The van der Waals surface area contributed by atoms with Crippen LogP contribution in [0.25, 0.3) is 0 Å². The monoisotopic (exact) mass is 256 g/mol. The van der Waals surface area contributed by atoms with E-state index in [0.29, 0.717) is 24.2 Å². The van der Waals surface area contributed by atoms with Gasteiger partial charge in [-0.15, -0.1) is 0 Å². The van der Waals surface area contributed by atoms with Crippen LogP contribution in [-0.2, 0) is 9.59 Å². The number of hydrogen-bond donors (Lipinski definition) is 2. The number of carbonyl (C=O) groups excluding carboxylic acids is 2. The quantitative estimate of drug-likeness (QED) is 0.809. The summed E-state index contributed by atoms with van der Waals surface area (Å²) in [7, 11) is 0. The van der Waals surface area contributed by atoms with E-state index in [0.717, 1.165) is 10.0 Å². The van der Waals surface area contributed by atoms with Crippen LogP contribution in [0.4, 0.5) is 11.4 Å². The Bertz CT molecular complexity index is 335. The predicted molar refractivity (Wildman–Crippen MR) is 58.3 cm³/mol. The molecule has 0 heterocycles. The molecule has 1 aromatic rings. The van der Waals surface area contributed by atoms with Crippen LogP contribution < -0.4 is 10.6 Å². The van der Waals surface area contributed by atoms with Gasteiger partial charge in [0.25, 0.3) is 0 Å². The highest BCUT2D eigenvalue weighted by molar-refractivity contribution is 9.10. The molecule has 14 heavy (non-hydrogen) atoms. The highest BCUT2D eigenvalue weighted by Crippen LogP contribution is 2.28. The van der Waals surface area contributed by atoms with Crippen LogP contribution in [0, 0.1) is 6.92 Å². The van der Waals surface area contributed by atoms with E-state index in [9.17, 15) is 9.59 Å². The van der Waals surface area contributed by atoms with Crippen LogP contribution >= 0.6 is 15.9 Å². The van der Waals surface area contributed by atoms with Gasteiger partial charge in [-0.1, -0.05) is 0 Å². The van der Waals surface area contributed by atoms with E-state index in [2.05, 4.69) is 26.6 Å². The number of anilines is 2. The zero-order chi connectivity index (χ0) is 10.6. The summed E-state index contributed by atoms with van der Waals surface area (Å²) in [6.45, 7) is 1.86. The van der Waals surface area contributed by atoms with Crippen molar-refractivity contribution in [2.24, 2.45) is 0 Å². The molecule has 0 radical (unpaired) electrons. The molecule has 0 spiro atoms. The fourth-order valence-corrected chi connectivity index (χ4v) is 1.64. The van der Waals surface area contributed by atoms with Gasteiger partial charge in [-0.2, -0.15) is 0 Å². The van der Waals surface area contributed by atoms with Gasteiger partial charge in [-0.25, -0.2) is 0 Å². The van der Waals surface area contributed by atoms with Gasteiger partial charge in [0.05, 0.1) is 5.69 Å². The molecule has 1 aromatic carbocycles. The van der Waals surface area contributed by atoms with E-state index in [1.807, 2.05) is 13.0 Å². The molecule has 4 nitrogen and oxygen atoms in total. The summed E-state index contributed by atoms with van der Waals surface area (Å²) in [4.78, 5) is 20.5. The number of rotatable bonds is 4. The van der Waals surface area contributed by atoms with Gasteiger partial charge in [0.1, 0.15) is 0 Å². The molecule has 0 atom stereocenters. The average Bonchev–Trinajstić information content (AvgIpc) is 2.14. The average molecular weight is 257 g/mol. The van der Waals surface area contributed by atoms with Crippen molar-refractivity contribution in [1.82, 2.24) is 0 Å². The summed E-state index contributed by atoms with van der Waals surface area (Å²) >= 11 is 3.30. The molecule has 0 fully saturated rings. The highest BCUT2D eigenvalue weighted by Gasteiger charge is 2.04. The number of aryl methyl sites for hydroxylation is 1. The summed E-state index contributed by atoms with van der Waals surface area (Å²) in [6, 6.07) is 3.50. The molecule has 0 aliphatic heterocycles. The summed E-state index contributed by atoms with van der Waals surface area (Å²) in [6.07, 6.45) is 1.18. The van der Waals surface area contributed by atoms with Crippen LogP contribution in [0.3, 0.4) is 0 Å². The Morgan fingerprint density at radius 3 is 2.29 bits per heavy atom. The molecule has 0 bridgehead atoms. The van der Waals surface area contributed by atoms with Gasteiger partial charge in [-0.3, -0.25) is 9.59 Å². The number of nitrogens with one attached hydrogen (secondary N) is 2. The van der Waals surface area contributed by atoms with Gasteiger partial charge in [0, 0.05) is 10.2 Å². The van der Waals surface area contributed by atoms with Crippen molar-refractivity contribution >= 4 is 40.1 Å². The molecule has 0 saturated carbocycles. The molecule has 1 rings (SSSR count). The lowest BCUT2D eigenvalue weighted by molar-refractivity contribution is -0.106. The maximum atomic E-state index is 10.3. The first-order valence-electron chi connectivity index (χ1n) is 3.89. The van der Waals surface area contributed by atoms with E-state index in [1.54, 1.807) is 6.07 Å². The van der Waals surface area contributed by atoms with E-state index in [-0.39, 0.29) is 0 Å². The SMILES string of the molecule is Cc1cc(Br)c(NC=O)cc1NC=O. The van der Waals surface area contributed by atoms with Gasteiger partial charge in [-0.05, 0) is 40.5 Å². The Morgan fingerprint density at radius 2 is 1.71 bits per heavy atom. The zero-order valence-electron chi connectivity index (χ0n) is 7.50. The summed E-state index contributed by atoms with van der Waals surface area (Å²) in [5, 5.41) is 5.06. The molecule has 0 aliphatic carbocycles.